The number of halogens is 3. The summed E-state index contributed by atoms with van der Waals surface area (Å²) >= 11 is 4.88. The molecule has 2 N–H and O–H groups in total. The Morgan fingerprint density at radius 3 is 2.58 bits per heavy atom. The molecule has 2 rings (SSSR count). The SMILES string of the molecule is NC(=S)c1cccn1Cc1cccc(C(F)(F)F)c1. The van der Waals surface area contributed by atoms with Crippen LogP contribution in [0.5, 0.6) is 0 Å². The summed E-state index contributed by atoms with van der Waals surface area (Å²) in [5.74, 6) is 0. The van der Waals surface area contributed by atoms with Gasteiger partial charge in [-0.05, 0) is 29.8 Å². The second-order valence-electron chi connectivity index (χ2n) is 4.08. The van der Waals surface area contributed by atoms with Gasteiger partial charge in [0.25, 0.3) is 0 Å². The smallest absolute Gasteiger partial charge is 0.388 e. The van der Waals surface area contributed by atoms with E-state index in [0.29, 0.717) is 17.8 Å². The molecule has 1 aromatic carbocycles. The molecule has 100 valence electrons. The van der Waals surface area contributed by atoms with E-state index in [1.807, 2.05) is 0 Å². The number of hydrogen-bond acceptors (Lipinski definition) is 1. The van der Waals surface area contributed by atoms with Gasteiger partial charge >= 0.3 is 6.18 Å². The summed E-state index contributed by atoms with van der Waals surface area (Å²) in [5.41, 5.74) is 6.06. The van der Waals surface area contributed by atoms with Crippen LogP contribution in [0.1, 0.15) is 16.8 Å². The van der Waals surface area contributed by atoms with Crippen LogP contribution in [0.4, 0.5) is 13.2 Å². The van der Waals surface area contributed by atoms with E-state index in [-0.39, 0.29) is 4.99 Å². The van der Waals surface area contributed by atoms with Gasteiger partial charge < -0.3 is 10.3 Å². The lowest BCUT2D eigenvalue weighted by Gasteiger charge is -2.11. The van der Waals surface area contributed by atoms with Crippen molar-refractivity contribution < 1.29 is 13.2 Å². The normalized spacial score (nSPS) is 11.5. The fourth-order valence-corrected chi connectivity index (χ4v) is 2.00. The molecule has 0 fully saturated rings. The Kier molecular flexibility index (Phi) is 3.61. The lowest BCUT2D eigenvalue weighted by molar-refractivity contribution is -0.137. The molecule has 0 bridgehead atoms. The zero-order valence-electron chi connectivity index (χ0n) is 9.82. The van der Waals surface area contributed by atoms with Crippen molar-refractivity contribution >= 4 is 17.2 Å². The van der Waals surface area contributed by atoms with Crippen molar-refractivity contribution in [2.75, 3.05) is 0 Å². The van der Waals surface area contributed by atoms with Gasteiger partial charge in [0.1, 0.15) is 4.99 Å². The minimum absolute atomic E-state index is 0.219. The molecular weight excluding hydrogens is 273 g/mol. The number of thiocarbonyl (C=S) groups is 1. The van der Waals surface area contributed by atoms with Gasteiger partial charge in [-0.15, -0.1) is 0 Å². The van der Waals surface area contributed by atoms with Gasteiger partial charge in [-0.2, -0.15) is 13.2 Å². The lowest BCUT2D eigenvalue weighted by atomic mass is 10.1. The molecule has 0 amide bonds. The first-order valence-corrected chi connectivity index (χ1v) is 5.90. The predicted octanol–water partition coefficient (Wildman–Crippen LogP) is 3.19. The van der Waals surface area contributed by atoms with Gasteiger partial charge in [0.05, 0.1) is 11.3 Å². The standard InChI is InChI=1S/C13H11F3N2S/c14-13(15,16)10-4-1-3-9(7-10)8-18-6-2-5-11(18)12(17)19/h1-7H,8H2,(H2,17,19). The molecule has 19 heavy (non-hydrogen) atoms. The largest absolute Gasteiger partial charge is 0.416 e. The van der Waals surface area contributed by atoms with Crippen LogP contribution in [0, 0.1) is 0 Å². The number of hydrogen-bond donors (Lipinski definition) is 1. The van der Waals surface area contributed by atoms with Crippen LogP contribution < -0.4 is 5.73 Å². The fourth-order valence-electron chi connectivity index (χ4n) is 1.82. The fraction of sp³-hybridized carbons (Fsp3) is 0.154. The van der Waals surface area contributed by atoms with Crippen LogP contribution in [-0.2, 0) is 12.7 Å². The summed E-state index contributed by atoms with van der Waals surface area (Å²) in [4.78, 5) is 0.219. The number of alkyl halides is 3. The number of nitrogens with two attached hydrogens (primary N) is 1. The Hall–Kier alpha value is -1.82. The maximum Gasteiger partial charge on any atom is 0.416 e. The van der Waals surface area contributed by atoms with Gasteiger partial charge in [-0.25, -0.2) is 0 Å². The second-order valence-corrected chi connectivity index (χ2v) is 4.52. The van der Waals surface area contributed by atoms with Crippen molar-refractivity contribution in [1.82, 2.24) is 4.57 Å². The van der Waals surface area contributed by atoms with Crippen LogP contribution in [-0.4, -0.2) is 9.56 Å². The Morgan fingerprint density at radius 2 is 1.95 bits per heavy atom. The van der Waals surface area contributed by atoms with E-state index in [1.165, 1.54) is 6.07 Å². The third-order valence-electron chi connectivity index (χ3n) is 2.69. The number of benzene rings is 1. The van der Waals surface area contributed by atoms with E-state index in [0.717, 1.165) is 12.1 Å². The number of nitrogens with zero attached hydrogens (tertiary/aromatic N) is 1. The quantitative estimate of drug-likeness (QED) is 0.878. The predicted molar refractivity (Wildman–Crippen MR) is 70.9 cm³/mol. The Labute approximate surface area is 113 Å². The first kappa shape index (κ1) is 13.6. The van der Waals surface area contributed by atoms with E-state index < -0.39 is 11.7 Å². The summed E-state index contributed by atoms with van der Waals surface area (Å²) in [6, 6.07) is 8.69. The highest BCUT2D eigenvalue weighted by Gasteiger charge is 2.30. The van der Waals surface area contributed by atoms with E-state index in [4.69, 9.17) is 18.0 Å². The third-order valence-corrected chi connectivity index (χ3v) is 2.90. The highest BCUT2D eigenvalue weighted by Crippen LogP contribution is 2.29. The first-order chi connectivity index (χ1) is 8.88. The Bertz CT molecular complexity index is 602. The second kappa shape index (κ2) is 5.05. The topological polar surface area (TPSA) is 30.9 Å². The molecule has 0 aliphatic heterocycles. The zero-order chi connectivity index (χ0) is 14.0. The maximum atomic E-state index is 12.6. The number of rotatable bonds is 3. The van der Waals surface area contributed by atoms with Gasteiger partial charge in [0.15, 0.2) is 0 Å². The van der Waals surface area contributed by atoms with Crippen molar-refractivity contribution in [1.29, 1.82) is 0 Å². The third kappa shape index (κ3) is 3.14. The van der Waals surface area contributed by atoms with Crippen LogP contribution in [0.15, 0.2) is 42.6 Å². The summed E-state index contributed by atoms with van der Waals surface area (Å²) < 4.78 is 39.5. The minimum Gasteiger partial charge on any atom is -0.388 e. The Balaban J connectivity index is 2.29. The lowest BCUT2D eigenvalue weighted by Crippen LogP contribution is -2.16. The molecule has 0 saturated carbocycles. The highest BCUT2D eigenvalue weighted by molar-refractivity contribution is 7.80. The van der Waals surface area contributed by atoms with Crippen LogP contribution >= 0.6 is 12.2 Å². The molecule has 6 heteroatoms. The molecule has 0 spiro atoms. The monoisotopic (exact) mass is 284 g/mol. The van der Waals surface area contributed by atoms with Crippen LogP contribution in [0.3, 0.4) is 0 Å². The van der Waals surface area contributed by atoms with Gasteiger partial charge in [-0.1, -0.05) is 24.4 Å². The average Bonchev–Trinajstić information content (AvgIpc) is 2.76. The molecule has 0 aliphatic rings. The molecular formula is C13H11F3N2S. The molecule has 1 heterocycles. The molecule has 2 nitrogen and oxygen atoms in total. The maximum absolute atomic E-state index is 12.6. The molecule has 2 aromatic rings. The molecule has 0 unspecified atom stereocenters. The summed E-state index contributed by atoms with van der Waals surface area (Å²) in [6.07, 6.45) is -2.60. The molecule has 0 atom stereocenters. The molecule has 0 aliphatic carbocycles. The average molecular weight is 284 g/mol. The minimum atomic E-state index is -4.33. The van der Waals surface area contributed by atoms with E-state index in [1.54, 1.807) is 29.0 Å². The van der Waals surface area contributed by atoms with E-state index in [2.05, 4.69) is 0 Å². The van der Waals surface area contributed by atoms with Crippen molar-refractivity contribution in [3.8, 4) is 0 Å². The van der Waals surface area contributed by atoms with Crippen LogP contribution in [0.25, 0.3) is 0 Å². The van der Waals surface area contributed by atoms with Crippen molar-refractivity contribution in [3.63, 3.8) is 0 Å². The van der Waals surface area contributed by atoms with Crippen molar-refractivity contribution in [3.05, 3.63) is 59.4 Å². The van der Waals surface area contributed by atoms with Gasteiger partial charge in [0.2, 0.25) is 0 Å². The van der Waals surface area contributed by atoms with E-state index >= 15 is 0 Å². The molecule has 1 aromatic heterocycles. The van der Waals surface area contributed by atoms with Gasteiger partial charge in [-0.3, -0.25) is 0 Å². The Morgan fingerprint density at radius 1 is 1.21 bits per heavy atom. The van der Waals surface area contributed by atoms with Crippen LogP contribution in [0.2, 0.25) is 0 Å². The van der Waals surface area contributed by atoms with E-state index in [9.17, 15) is 13.2 Å². The summed E-state index contributed by atoms with van der Waals surface area (Å²) in [6.45, 7) is 0.295. The van der Waals surface area contributed by atoms with Crippen molar-refractivity contribution in [2.24, 2.45) is 5.73 Å². The zero-order valence-corrected chi connectivity index (χ0v) is 10.6. The molecule has 0 saturated heterocycles. The van der Waals surface area contributed by atoms with Gasteiger partial charge in [0, 0.05) is 12.7 Å². The van der Waals surface area contributed by atoms with Crippen molar-refractivity contribution in [2.45, 2.75) is 12.7 Å². The number of aromatic nitrogens is 1. The molecule has 0 radical (unpaired) electrons. The highest BCUT2D eigenvalue weighted by atomic mass is 32.1. The summed E-state index contributed by atoms with van der Waals surface area (Å²) in [5, 5.41) is 0. The first-order valence-electron chi connectivity index (χ1n) is 5.49. The summed E-state index contributed by atoms with van der Waals surface area (Å²) in [7, 11) is 0.